The first-order chi connectivity index (χ1) is 21.4. The molecule has 0 radical (unpaired) electrons. The third kappa shape index (κ3) is 3.42. The van der Waals surface area contributed by atoms with Crippen molar-refractivity contribution in [2.24, 2.45) is 32.5 Å². The van der Waals surface area contributed by atoms with Gasteiger partial charge < -0.3 is 20.1 Å². The zero-order valence-corrected chi connectivity index (χ0v) is 27.6. The molecule has 4 aliphatic carbocycles. The standard InChI is InChI=1S/C36H40N2O8/c1-31(2)33(5)13-15-35(31,27(41)25(33)39)29(43)37-21-11-9-19(17-23(21)45-7)20-10-12-22(24(18-20)46-8)38-30(44)36-16-14-34(6,32(36,3)4)26(40)28(36)42/h9-12,17-18H,13-16H2,1-8H3,(H,37,43)(H,38,44). The molecular formula is C36H40N2O8. The summed E-state index contributed by atoms with van der Waals surface area (Å²) in [5.74, 6) is -2.56. The van der Waals surface area contributed by atoms with Gasteiger partial charge in [-0.1, -0.05) is 53.7 Å². The summed E-state index contributed by atoms with van der Waals surface area (Å²) in [6.07, 6.45) is 1.55. The maximum absolute atomic E-state index is 13.7. The number of anilines is 2. The summed E-state index contributed by atoms with van der Waals surface area (Å²) < 4.78 is 11.2. The normalized spacial score (nSPS) is 31.7. The summed E-state index contributed by atoms with van der Waals surface area (Å²) in [7, 11) is 2.94. The topological polar surface area (TPSA) is 145 Å². The summed E-state index contributed by atoms with van der Waals surface area (Å²) in [5, 5.41) is 5.74. The fourth-order valence-corrected chi connectivity index (χ4v) is 8.95. The van der Waals surface area contributed by atoms with Gasteiger partial charge in [0.2, 0.25) is 34.9 Å². The predicted octanol–water partition coefficient (Wildman–Crippen LogP) is 5.18. The minimum absolute atomic E-state index is 0.304. The average molecular weight is 629 g/mol. The number of fused-ring (bicyclic) bond motifs is 4. The Morgan fingerprint density at radius 2 is 0.913 bits per heavy atom. The fourth-order valence-electron chi connectivity index (χ4n) is 8.95. The summed E-state index contributed by atoms with van der Waals surface area (Å²) in [6.45, 7) is 10.8. The van der Waals surface area contributed by atoms with Crippen LogP contribution in [0.1, 0.15) is 67.2 Å². The molecule has 0 heterocycles. The molecular weight excluding hydrogens is 588 g/mol. The molecule has 0 saturated heterocycles. The van der Waals surface area contributed by atoms with Crippen LogP contribution < -0.4 is 20.1 Å². The second-order valence-corrected chi connectivity index (χ2v) is 14.8. The van der Waals surface area contributed by atoms with Crippen LogP contribution in [0.25, 0.3) is 11.1 Å². The number of Topliss-reactive ketones (excluding diaryl/α,β-unsaturated/α-hetero) is 4. The summed E-state index contributed by atoms with van der Waals surface area (Å²) in [5.41, 5.74) is -4.18. The number of carbonyl (C=O) groups is 6. The lowest BCUT2D eigenvalue weighted by molar-refractivity contribution is -0.147. The first-order valence-corrected chi connectivity index (χ1v) is 15.6. The van der Waals surface area contributed by atoms with E-state index < -0.39 is 67.4 Å². The third-order valence-electron chi connectivity index (χ3n) is 13.1. The van der Waals surface area contributed by atoms with Crippen LogP contribution in [0.3, 0.4) is 0 Å². The molecule has 2 aromatic carbocycles. The maximum atomic E-state index is 13.7. The van der Waals surface area contributed by atoms with Gasteiger partial charge in [0.15, 0.2) is 0 Å². The molecule has 2 aromatic rings. The molecule has 6 rings (SSSR count). The van der Waals surface area contributed by atoms with Crippen molar-refractivity contribution in [2.45, 2.75) is 67.2 Å². The average Bonchev–Trinajstić information content (AvgIpc) is 3.46. The lowest BCUT2D eigenvalue weighted by Crippen LogP contribution is -2.47. The molecule has 242 valence electrons. The maximum Gasteiger partial charge on any atom is 0.239 e. The molecule has 4 saturated carbocycles. The molecule has 4 unspecified atom stereocenters. The molecule has 10 heteroatoms. The summed E-state index contributed by atoms with van der Waals surface area (Å²) >= 11 is 0. The van der Waals surface area contributed by atoms with Crippen LogP contribution in [0.15, 0.2) is 36.4 Å². The molecule has 46 heavy (non-hydrogen) atoms. The van der Waals surface area contributed by atoms with Gasteiger partial charge in [-0.25, -0.2) is 0 Å². The van der Waals surface area contributed by atoms with Crippen molar-refractivity contribution in [2.75, 3.05) is 24.9 Å². The van der Waals surface area contributed by atoms with Crippen molar-refractivity contribution in [1.29, 1.82) is 0 Å². The van der Waals surface area contributed by atoms with E-state index in [2.05, 4.69) is 10.6 Å². The van der Waals surface area contributed by atoms with E-state index in [0.717, 1.165) is 0 Å². The Hall–Kier alpha value is -4.34. The number of carbonyl (C=O) groups excluding carboxylic acids is 6. The SMILES string of the molecule is COc1cc(-c2ccc(NC(=O)C34CCC(C)(C(=O)C3=O)C4(C)C)c(OC)c2)ccc1NC(=O)C12CCC(C)(C(=O)C1=O)C2(C)C. The van der Waals surface area contributed by atoms with Crippen molar-refractivity contribution in [3.8, 4) is 22.6 Å². The Balaban J connectivity index is 1.26. The van der Waals surface area contributed by atoms with Gasteiger partial charge in [-0.3, -0.25) is 28.8 Å². The number of benzene rings is 2. The number of rotatable bonds is 7. The van der Waals surface area contributed by atoms with E-state index in [-0.39, 0.29) is 0 Å². The number of ether oxygens (including phenoxy) is 2. The minimum Gasteiger partial charge on any atom is -0.495 e. The van der Waals surface area contributed by atoms with E-state index in [1.165, 1.54) is 14.2 Å². The lowest BCUT2D eigenvalue weighted by Gasteiger charge is -2.37. The van der Waals surface area contributed by atoms with Crippen molar-refractivity contribution in [3.63, 3.8) is 0 Å². The second-order valence-electron chi connectivity index (χ2n) is 14.8. The van der Waals surface area contributed by atoms with Gasteiger partial charge in [-0.2, -0.15) is 0 Å². The van der Waals surface area contributed by atoms with Crippen molar-refractivity contribution >= 4 is 46.3 Å². The minimum atomic E-state index is -1.45. The summed E-state index contributed by atoms with van der Waals surface area (Å²) in [4.78, 5) is 79.6. The van der Waals surface area contributed by atoms with Crippen LogP contribution in [-0.4, -0.2) is 49.2 Å². The van der Waals surface area contributed by atoms with Crippen LogP contribution in [0.2, 0.25) is 0 Å². The largest absolute Gasteiger partial charge is 0.495 e. The highest BCUT2D eigenvalue weighted by Gasteiger charge is 2.79. The fraction of sp³-hybridized carbons (Fsp3) is 0.500. The Morgan fingerprint density at radius 1 is 0.565 bits per heavy atom. The van der Waals surface area contributed by atoms with Gasteiger partial charge in [0.05, 0.1) is 25.6 Å². The second kappa shape index (κ2) is 9.59. The number of hydrogen-bond acceptors (Lipinski definition) is 8. The molecule has 0 spiro atoms. The van der Waals surface area contributed by atoms with Gasteiger partial charge in [-0.05, 0) is 71.9 Å². The molecule has 0 aliphatic heterocycles. The van der Waals surface area contributed by atoms with E-state index >= 15 is 0 Å². The Bertz CT molecular complexity index is 1660. The van der Waals surface area contributed by atoms with Gasteiger partial charge in [0.1, 0.15) is 22.3 Å². The van der Waals surface area contributed by atoms with Crippen LogP contribution >= 0.6 is 0 Å². The highest BCUT2D eigenvalue weighted by atomic mass is 16.5. The smallest absolute Gasteiger partial charge is 0.239 e. The molecule has 2 N–H and O–H groups in total. The zero-order valence-electron chi connectivity index (χ0n) is 27.6. The first-order valence-electron chi connectivity index (χ1n) is 15.6. The van der Waals surface area contributed by atoms with Crippen LogP contribution in [-0.2, 0) is 28.8 Å². The molecule has 4 bridgehead atoms. The highest BCUT2D eigenvalue weighted by Crippen LogP contribution is 2.70. The number of ketones is 4. The predicted molar refractivity (Wildman–Crippen MR) is 169 cm³/mol. The lowest BCUT2D eigenvalue weighted by atomic mass is 9.64. The Labute approximate surface area is 268 Å². The number of nitrogens with one attached hydrogen (secondary N) is 2. The molecule has 4 atom stereocenters. The van der Waals surface area contributed by atoms with Crippen LogP contribution in [0.4, 0.5) is 11.4 Å². The molecule has 10 nitrogen and oxygen atoms in total. The van der Waals surface area contributed by atoms with Gasteiger partial charge >= 0.3 is 0 Å². The number of methoxy groups -OCH3 is 2. The number of amides is 2. The van der Waals surface area contributed by atoms with Crippen LogP contribution in [0, 0.1) is 32.5 Å². The van der Waals surface area contributed by atoms with Crippen molar-refractivity contribution in [3.05, 3.63) is 36.4 Å². The third-order valence-corrected chi connectivity index (χ3v) is 13.1. The van der Waals surface area contributed by atoms with E-state index in [1.54, 1.807) is 50.2 Å². The van der Waals surface area contributed by atoms with Crippen LogP contribution in [0.5, 0.6) is 11.5 Å². The Kier molecular flexibility index (Phi) is 6.60. The highest BCUT2D eigenvalue weighted by molar-refractivity contribution is 6.50. The van der Waals surface area contributed by atoms with E-state index in [0.29, 0.717) is 59.7 Å². The monoisotopic (exact) mass is 628 g/mol. The van der Waals surface area contributed by atoms with E-state index in [4.69, 9.17) is 9.47 Å². The molecule has 4 aliphatic rings. The van der Waals surface area contributed by atoms with Crippen molar-refractivity contribution < 1.29 is 38.2 Å². The van der Waals surface area contributed by atoms with Gasteiger partial charge in [0.25, 0.3) is 0 Å². The number of hydrogen-bond donors (Lipinski definition) is 2. The van der Waals surface area contributed by atoms with Gasteiger partial charge in [0, 0.05) is 10.8 Å². The zero-order chi connectivity index (χ0) is 33.8. The Morgan fingerprint density at radius 3 is 1.20 bits per heavy atom. The van der Waals surface area contributed by atoms with Gasteiger partial charge in [-0.15, -0.1) is 0 Å². The quantitative estimate of drug-likeness (QED) is 0.315. The first kappa shape index (κ1) is 31.6. The van der Waals surface area contributed by atoms with Crippen molar-refractivity contribution in [1.82, 2.24) is 0 Å². The molecule has 0 aromatic heterocycles. The van der Waals surface area contributed by atoms with E-state index in [9.17, 15) is 28.8 Å². The van der Waals surface area contributed by atoms with E-state index in [1.807, 2.05) is 27.7 Å². The summed E-state index contributed by atoms with van der Waals surface area (Å²) in [6, 6.07) is 10.4. The molecule has 4 fully saturated rings. The molecule has 2 amide bonds.